The van der Waals surface area contributed by atoms with Crippen molar-refractivity contribution in [3.8, 4) is 28.7 Å². The van der Waals surface area contributed by atoms with E-state index in [1.54, 1.807) is 18.2 Å². The van der Waals surface area contributed by atoms with Crippen LogP contribution in [0.15, 0.2) is 62.0 Å². The number of anilines is 1. The smallest absolute Gasteiger partial charge is 0.312 e. The van der Waals surface area contributed by atoms with Crippen LogP contribution in [0.5, 0.6) is 17.2 Å². The highest BCUT2D eigenvalue weighted by atomic mass is 79.9. The molecule has 0 radical (unpaired) electrons. The number of phenols is 2. The van der Waals surface area contributed by atoms with Gasteiger partial charge < -0.3 is 39.3 Å². The van der Waals surface area contributed by atoms with Gasteiger partial charge >= 0.3 is 11.8 Å². The number of amides is 1. The lowest BCUT2D eigenvalue weighted by Crippen LogP contribution is -2.38. The summed E-state index contributed by atoms with van der Waals surface area (Å²) in [5.41, 5.74) is -1.13. The van der Waals surface area contributed by atoms with E-state index in [4.69, 9.17) is 18.6 Å². The van der Waals surface area contributed by atoms with E-state index in [1.807, 2.05) is 20.8 Å². The first-order chi connectivity index (χ1) is 25.9. The Labute approximate surface area is 325 Å². The number of rotatable bonds is 1. The van der Waals surface area contributed by atoms with Crippen LogP contribution < -0.4 is 15.5 Å². The lowest BCUT2D eigenvalue weighted by atomic mass is 9.84. The molecule has 2 aromatic carbocycles. The molecule has 2 aromatic rings. The molecule has 1 amide bonds. The van der Waals surface area contributed by atoms with E-state index in [0.29, 0.717) is 23.7 Å². The van der Waals surface area contributed by atoms with Gasteiger partial charge in [0.2, 0.25) is 5.43 Å². The zero-order chi connectivity index (χ0) is 40.1. The summed E-state index contributed by atoms with van der Waals surface area (Å²) < 4.78 is 24.4. The number of hydrogen-bond donors (Lipinski definition) is 4. The van der Waals surface area contributed by atoms with Gasteiger partial charge in [-0.25, -0.2) is 4.98 Å². The number of ether oxygens (including phenoxy) is 3. The molecule has 0 saturated carbocycles. The SMILES string of the molecule is CC(=O)O[C@@H]1CC/C=C/O[C@@]2(C)Oc3c(C)c(O)c4c(=O)c(c5oc6cc(Br)cc(O)c6nc-5c4c3C2=O)NC(=O)/C(C)=C\C=C\[C@H](C)[C@H](O)[C@@H](C)C[C@H]1C. The van der Waals surface area contributed by atoms with E-state index in [0.717, 1.165) is 0 Å². The largest absolute Gasteiger partial charge is 0.507 e. The average Bonchev–Trinajstić information content (AvgIpc) is 3.38. The Morgan fingerprint density at radius 2 is 1.82 bits per heavy atom. The molecule has 0 spiro atoms. The molecule has 0 fully saturated rings. The Morgan fingerprint density at radius 1 is 1.09 bits per heavy atom. The van der Waals surface area contributed by atoms with Gasteiger partial charge in [-0.1, -0.05) is 54.9 Å². The number of halogens is 1. The van der Waals surface area contributed by atoms with Crippen molar-refractivity contribution in [2.75, 3.05) is 5.32 Å². The Kier molecular flexibility index (Phi) is 10.9. The second-order valence-electron chi connectivity index (χ2n) is 14.6. The van der Waals surface area contributed by atoms with E-state index in [-0.39, 0.29) is 85.0 Å². The number of hydrogen-bond acceptors (Lipinski definition) is 12. The highest BCUT2D eigenvalue weighted by Gasteiger charge is 2.50. The van der Waals surface area contributed by atoms with E-state index in [2.05, 4.69) is 26.2 Å². The van der Waals surface area contributed by atoms with Crippen molar-refractivity contribution in [1.29, 1.82) is 0 Å². The average molecular weight is 820 g/mol. The summed E-state index contributed by atoms with van der Waals surface area (Å²) in [4.78, 5) is 59.2. The van der Waals surface area contributed by atoms with Crippen LogP contribution in [0.2, 0.25) is 0 Å². The number of Topliss-reactive ketones (excluding diaryl/α,β-unsaturated/α-hetero) is 1. The maximum atomic E-state index is 14.4. The Hall–Kier alpha value is -5.21. The number of aliphatic hydroxyl groups is 1. The van der Waals surface area contributed by atoms with Crippen molar-refractivity contribution in [3.63, 3.8) is 0 Å². The molecule has 6 rings (SSSR count). The summed E-state index contributed by atoms with van der Waals surface area (Å²) in [6.45, 7) is 11.5. The monoisotopic (exact) mass is 818 g/mol. The minimum atomic E-state index is -1.94. The van der Waals surface area contributed by atoms with Crippen molar-refractivity contribution >= 4 is 61.1 Å². The number of ketones is 1. The predicted octanol–water partition coefficient (Wildman–Crippen LogP) is 7.58. The molecule has 0 unspecified atom stereocenters. The minimum Gasteiger partial charge on any atom is -0.507 e. The number of carbonyl (C=O) groups excluding carboxylic acids is 3. The van der Waals surface area contributed by atoms with E-state index >= 15 is 0 Å². The normalized spacial score (nSPS) is 27.4. The molecular formula is C41H43BrN2O11. The van der Waals surface area contributed by atoms with E-state index in [1.165, 1.54) is 52.2 Å². The number of aliphatic hydroxyl groups excluding tert-OH is 1. The van der Waals surface area contributed by atoms with Gasteiger partial charge in [0, 0.05) is 40.8 Å². The van der Waals surface area contributed by atoms with Gasteiger partial charge in [0.1, 0.15) is 40.3 Å². The van der Waals surface area contributed by atoms with Gasteiger partial charge in [-0.3, -0.25) is 19.2 Å². The van der Waals surface area contributed by atoms with Gasteiger partial charge in [-0.2, -0.15) is 0 Å². The Morgan fingerprint density at radius 3 is 2.53 bits per heavy atom. The van der Waals surface area contributed by atoms with Crippen molar-refractivity contribution in [2.24, 2.45) is 17.8 Å². The zero-order valence-corrected chi connectivity index (χ0v) is 33.1. The number of fused-ring (bicyclic) bond motifs is 2. The summed E-state index contributed by atoms with van der Waals surface area (Å²) >= 11 is 3.32. The third kappa shape index (κ3) is 7.32. The van der Waals surface area contributed by atoms with Crippen molar-refractivity contribution in [3.05, 3.63) is 74.1 Å². The molecule has 0 saturated heterocycles. The summed E-state index contributed by atoms with van der Waals surface area (Å²) in [6.07, 6.45) is 8.11. The molecule has 13 nitrogen and oxygen atoms in total. The zero-order valence-electron chi connectivity index (χ0n) is 31.5. The lowest BCUT2D eigenvalue weighted by Gasteiger charge is -2.29. The molecule has 6 atom stereocenters. The summed E-state index contributed by atoms with van der Waals surface area (Å²) in [5, 5.41) is 35.8. The fourth-order valence-corrected chi connectivity index (χ4v) is 7.72. The van der Waals surface area contributed by atoms with Crippen LogP contribution >= 0.6 is 15.9 Å². The number of aromatic hydroxyl groups is 2. The number of phenolic OH excluding ortho intramolecular Hbond substituents is 2. The highest BCUT2D eigenvalue weighted by molar-refractivity contribution is 9.10. The number of nitrogens with one attached hydrogen (secondary N) is 1. The topological polar surface area (TPSA) is 195 Å². The number of benzene rings is 3. The first-order valence-corrected chi connectivity index (χ1v) is 18.8. The molecule has 3 heterocycles. The van der Waals surface area contributed by atoms with Crippen LogP contribution in [-0.4, -0.2) is 56.0 Å². The molecule has 4 aliphatic rings. The van der Waals surface area contributed by atoms with E-state index < -0.39 is 46.8 Å². The predicted molar refractivity (Wildman–Crippen MR) is 208 cm³/mol. The second-order valence-corrected chi connectivity index (χ2v) is 15.5. The van der Waals surface area contributed by atoms with Crippen molar-refractivity contribution in [2.45, 2.75) is 85.7 Å². The third-order valence-electron chi connectivity index (χ3n) is 10.4. The third-order valence-corrected chi connectivity index (χ3v) is 10.8. The number of carbonyl (C=O) groups is 3. The van der Waals surface area contributed by atoms with Gasteiger partial charge in [-0.05, 0) is 63.2 Å². The molecule has 290 valence electrons. The first kappa shape index (κ1) is 39.5. The lowest BCUT2D eigenvalue weighted by molar-refractivity contribution is -0.149. The molecule has 4 N–H and O–H groups in total. The number of aromatic nitrogens is 1. The number of nitrogens with zero attached hydrogens (tertiary/aromatic N) is 1. The van der Waals surface area contributed by atoms with Gasteiger partial charge in [0.25, 0.3) is 11.7 Å². The van der Waals surface area contributed by atoms with Crippen molar-refractivity contribution in [1.82, 2.24) is 4.98 Å². The Balaban J connectivity index is 1.56. The molecule has 1 aliphatic carbocycles. The fraction of sp³-hybridized carbons (Fsp3) is 0.390. The van der Waals surface area contributed by atoms with Gasteiger partial charge in [-0.15, -0.1) is 0 Å². The molecule has 3 aliphatic heterocycles. The van der Waals surface area contributed by atoms with Crippen molar-refractivity contribution < 1.29 is 48.3 Å². The van der Waals surface area contributed by atoms with Crippen LogP contribution in [0.4, 0.5) is 5.69 Å². The molecule has 14 heteroatoms. The quantitative estimate of drug-likeness (QED) is 0.0837. The highest BCUT2D eigenvalue weighted by Crippen LogP contribution is 2.50. The Bertz CT molecular complexity index is 2360. The summed E-state index contributed by atoms with van der Waals surface area (Å²) in [5.74, 6) is -5.38. The van der Waals surface area contributed by atoms with Crippen LogP contribution in [0.1, 0.15) is 76.7 Å². The van der Waals surface area contributed by atoms with Gasteiger partial charge in [0.15, 0.2) is 11.3 Å². The van der Waals surface area contributed by atoms with Crippen LogP contribution in [0.25, 0.3) is 33.3 Å². The number of esters is 1. The maximum absolute atomic E-state index is 14.4. The molecular weight excluding hydrogens is 776 g/mol. The molecule has 55 heavy (non-hydrogen) atoms. The van der Waals surface area contributed by atoms with Crippen LogP contribution in [0.3, 0.4) is 0 Å². The van der Waals surface area contributed by atoms with Gasteiger partial charge in [0.05, 0.1) is 23.3 Å². The first-order valence-electron chi connectivity index (χ1n) is 18.0. The summed E-state index contributed by atoms with van der Waals surface area (Å²) in [6, 6.07) is 2.91. The standard InChI is InChI=1S/C41H43BrN2O11/c1-18-11-10-12-19(2)40(51)44-33-36(49)29-28(32-38(33)54-27-17-24(42)16-25(46)31(27)43-32)30-37(22(5)35(29)48)55-41(7,39(30)50)52-14-9-8-13-26(53-23(6)45)20(3)15-21(4)34(18)47/h9-12,14,16-18,20-21,26,34,46-48H,8,13,15H2,1-7H3,(H,44,51)/b11-10+,14-9+,19-12-/t18-,20+,21-,26+,34-,41-/m0/s1. The molecule has 0 aromatic heterocycles. The molecule has 4 bridgehead atoms. The second kappa shape index (κ2) is 15.1. The minimum absolute atomic E-state index is 0.0172. The fourth-order valence-electron chi connectivity index (χ4n) is 7.29. The van der Waals surface area contributed by atoms with Crippen LogP contribution in [0, 0.1) is 24.7 Å². The number of allylic oxidation sites excluding steroid dienone is 3. The summed E-state index contributed by atoms with van der Waals surface area (Å²) in [7, 11) is 0. The van der Waals surface area contributed by atoms with E-state index in [9.17, 15) is 34.5 Å². The van der Waals surface area contributed by atoms with Crippen LogP contribution in [-0.2, 0) is 19.1 Å². The maximum Gasteiger partial charge on any atom is 0.312 e.